The van der Waals surface area contributed by atoms with Crippen molar-refractivity contribution in [2.75, 3.05) is 0 Å². The second-order valence-corrected chi connectivity index (χ2v) is 16.6. The number of hydrogen-bond acceptors (Lipinski definition) is 4. The third kappa shape index (κ3) is 7.07. The Morgan fingerprint density at radius 3 is 2.34 bits per heavy atom. The molecule has 0 aliphatic rings. The van der Waals surface area contributed by atoms with E-state index in [0.29, 0.717) is 11.6 Å². The van der Waals surface area contributed by atoms with Crippen LogP contribution in [-0.4, -0.2) is 23.0 Å². The van der Waals surface area contributed by atoms with Gasteiger partial charge in [0.05, 0.1) is 13.7 Å². The average molecular weight is 734 g/mol. The summed E-state index contributed by atoms with van der Waals surface area (Å²) in [6.45, 7) is 13.7. The van der Waals surface area contributed by atoms with E-state index in [9.17, 15) is 0 Å². The van der Waals surface area contributed by atoms with Crippen LogP contribution >= 0.6 is 0 Å². The maximum absolute atomic E-state index is 5.94. The van der Waals surface area contributed by atoms with Gasteiger partial charge in [0.1, 0.15) is 0 Å². The maximum atomic E-state index is 5.94. The van der Waals surface area contributed by atoms with Crippen molar-refractivity contribution in [1.82, 2.24) is 15.0 Å². The minimum Gasteiger partial charge on any atom is -0.486 e. The summed E-state index contributed by atoms with van der Waals surface area (Å²) in [5.41, 5.74) is 7.73. The first-order valence-electron chi connectivity index (χ1n) is 13.8. The van der Waals surface area contributed by atoms with Crippen molar-refractivity contribution in [3.05, 3.63) is 109 Å². The van der Waals surface area contributed by atoms with E-state index < -0.39 is 8.07 Å². The van der Waals surface area contributed by atoms with Gasteiger partial charge in [-0.3, -0.25) is 0 Å². The first kappa shape index (κ1) is 30.5. The number of furan rings is 1. The third-order valence-corrected chi connectivity index (χ3v) is 8.84. The fraction of sp³-hybridized carbons (Fsp3) is 0.229. The molecule has 41 heavy (non-hydrogen) atoms. The van der Waals surface area contributed by atoms with E-state index in [0.717, 1.165) is 51.0 Å². The van der Waals surface area contributed by atoms with Crippen molar-refractivity contribution in [2.45, 2.75) is 46.8 Å². The minimum absolute atomic E-state index is 0. The molecule has 1 radical (unpaired) electrons. The van der Waals surface area contributed by atoms with E-state index in [1.807, 2.05) is 67.6 Å². The number of benzene rings is 2. The molecule has 0 N–H and O–H groups in total. The molecule has 0 amide bonds. The van der Waals surface area contributed by atoms with Gasteiger partial charge in [0.2, 0.25) is 5.71 Å². The van der Waals surface area contributed by atoms with Gasteiger partial charge in [-0.15, -0.1) is 54.1 Å². The van der Waals surface area contributed by atoms with E-state index in [2.05, 4.69) is 78.9 Å². The standard InChI is InChI=1S/C18H24NSi.C17H11N2O.Ir/c1-14(2)11-16-12-17(15-9-7-6-8-10-15)19-13-18(16)20(3,4)5;1-11-8-9-13-12-5-4-6-14(15-7-2-3-10-18-15)16(12)20-17(13)19-11;/h6-9,12-14H,11H2,1-5H3;2-5,7-10H,1H3;/q2*-1;. The van der Waals surface area contributed by atoms with Crippen LogP contribution in [0.25, 0.3) is 44.6 Å². The molecule has 0 saturated heterocycles. The normalized spacial score (nSPS) is 11.3. The fourth-order valence-electron chi connectivity index (χ4n) is 4.90. The molecule has 0 aliphatic carbocycles. The first-order valence-corrected chi connectivity index (χ1v) is 17.3. The summed E-state index contributed by atoms with van der Waals surface area (Å²) < 4.78 is 5.94. The number of nitrogens with zero attached hydrogens (tertiary/aromatic N) is 3. The monoisotopic (exact) mass is 734 g/mol. The molecule has 0 bridgehead atoms. The Balaban J connectivity index is 0.000000184. The third-order valence-electron chi connectivity index (χ3n) is 6.77. The predicted octanol–water partition coefficient (Wildman–Crippen LogP) is 8.44. The number of hydrogen-bond donors (Lipinski definition) is 0. The van der Waals surface area contributed by atoms with Gasteiger partial charge in [0, 0.05) is 43.6 Å². The topological polar surface area (TPSA) is 51.8 Å². The molecule has 6 rings (SSSR count). The molecule has 4 aromatic heterocycles. The second-order valence-electron chi connectivity index (χ2n) is 11.6. The molecular formula is C35H35IrN3OSi-2. The molecular weight excluding hydrogens is 699 g/mol. The molecule has 6 heteroatoms. The number of pyridine rings is 3. The van der Waals surface area contributed by atoms with E-state index >= 15 is 0 Å². The minimum atomic E-state index is -1.34. The molecule has 0 saturated carbocycles. The van der Waals surface area contributed by atoms with E-state index in [1.165, 1.54) is 10.8 Å². The quantitative estimate of drug-likeness (QED) is 0.132. The van der Waals surface area contributed by atoms with Crippen LogP contribution in [0, 0.1) is 25.0 Å². The number of fused-ring (bicyclic) bond motifs is 3. The van der Waals surface area contributed by atoms with Gasteiger partial charge >= 0.3 is 0 Å². The van der Waals surface area contributed by atoms with Crippen molar-refractivity contribution < 1.29 is 24.5 Å². The number of aryl methyl sites for hydroxylation is 1. The van der Waals surface area contributed by atoms with Gasteiger partial charge in [-0.2, -0.15) is 0 Å². The summed E-state index contributed by atoms with van der Waals surface area (Å²) in [6.07, 6.45) is 5.01. The van der Waals surface area contributed by atoms with Crippen LogP contribution in [0.15, 0.2) is 89.6 Å². The van der Waals surface area contributed by atoms with Crippen LogP contribution < -0.4 is 5.19 Å². The summed E-state index contributed by atoms with van der Waals surface area (Å²) >= 11 is 0. The van der Waals surface area contributed by atoms with Gasteiger partial charge in [-0.05, 0) is 54.0 Å². The van der Waals surface area contributed by atoms with Crippen molar-refractivity contribution >= 4 is 35.3 Å². The Bertz CT molecular complexity index is 1740. The zero-order chi connectivity index (χ0) is 28.3. The summed E-state index contributed by atoms with van der Waals surface area (Å²) in [5, 5.41) is 3.56. The van der Waals surface area contributed by atoms with E-state index in [4.69, 9.17) is 4.42 Å². The van der Waals surface area contributed by atoms with Crippen LogP contribution in [0.4, 0.5) is 0 Å². The van der Waals surface area contributed by atoms with Crippen LogP contribution in [0.1, 0.15) is 25.1 Å². The molecule has 0 unspecified atom stereocenters. The van der Waals surface area contributed by atoms with Crippen LogP contribution in [-0.2, 0) is 26.5 Å². The molecule has 0 atom stereocenters. The molecule has 2 aromatic carbocycles. The second kappa shape index (κ2) is 13.0. The average Bonchev–Trinajstić information content (AvgIpc) is 3.31. The SMILES string of the molecule is CC(C)Cc1cc(-c2[c-]cccc2)ncc1[Si](C)(C)C.Cc1ccc2c(n1)oc1c(-c3ccccn3)[c-]ccc12.[Ir]. The fourth-order valence-corrected chi connectivity index (χ4v) is 6.49. The smallest absolute Gasteiger partial charge is 0.216 e. The zero-order valence-electron chi connectivity index (χ0n) is 24.5. The molecule has 211 valence electrons. The van der Waals surface area contributed by atoms with E-state index in [1.54, 1.807) is 6.20 Å². The van der Waals surface area contributed by atoms with Gasteiger partial charge in [-0.25, -0.2) is 4.98 Å². The van der Waals surface area contributed by atoms with Crippen LogP contribution in [0.5, 0.6) is 0 Å². The summed E-state index contributed by atoms with van der Waals surface area (Å²) in [7, 11) is -1.34. The maximum Gasteiger partial charge on any atom is 0.216 e. The van der Waals surface area contributed by atoms with Crippen molar-refractivity contribution in [3.63, 3.8) is 0 Å². The molecule has 6 aromatic rings. The van der Waals surface area contributed by atoms with Crippen LogP contribution in [0.3, 0.4) is 0 Å². The van der Waals surface area contributed by atoms with E-state index in [-0.39, 0.29) is 20.1 Å². The Morgan fingerprint density at radius 2 is 1.66 bits per heavy atom. The predicted molar refractivity (Wildman–Crippen MR) is 168 cm³/mol. The Hall–Kier alpha value is -3.44. The van der Waals surface area contributed by atoms with Crippen molar-refractivity contribution in [1.29, 1.82) is 0 Å². The molecule has 0 fully saturated rings. The van der Waals surface area contributed by atoms with Gasteiger partial charge in [-0.1, -0.05) is 68.2 Å². The largest absolute Gasteiger partial charge is 0.486 e. The molecule has 0 spiro atoms. The molecule has 4 nitrogen and oxygen atoms in total. The molecule has 4 heterocycles. The molecule has 0 aliphatic heterocycles. The Morgan fingerprint density at radius 1 is 0.854 bits per heavy atom. The Labute approximate surface area is 257 Å². The summed E-state index contributed by atoms with van der Waals surface area (Å²) in [6, 6.07) is 30.6. The van der Waals surface area contributed by atoms with Gasteiger partial charge in [0.25, 0.3) is 0 Å². The number of rotatable bonds is 5. The van der Waals surface area contributed by atoms with Crippen molar-refractivity contribution in [2.24, 2.45) is 5.92 Å². The Kier molecular flexibility index (Phi) is 9.70. The first-order chi connectivity index (χ1) is 19.2. The van der Waals surface area contributed by atoms with Gasteiger partial charge < -0.3 is 14.4 Å². The van der Waals surface area contributed by atoms with Gasteiger partial charge in [0.15, 0.2) is 0 Å². The van der Waals surface area contributed by atoms with Crippen LogP contribution in [0.2, 0.25) is 19.6 Å². The van der Waals surface area contributed by atoms with Crippen molar-refractivity contribution in [3.8, 4) is 22.5 Å². The summed E-state index contributed by atoms with van der Waals surface area (Å²) in [4.78, 5) is 13.5. The zero-order valence-corrected chi connectivity index (χ0v) is 27.8. The summed E-state index contributed by atoms with van der Waals surface area (Å²) in [5.74, 6) is 0.667. The number of aromatic nitrogens is 3.